The normalized spacial score (nSPS) is 42.0. The second-order valence-electron chi connectivity index (χ2n) is 7.36. The van der Waals surface area contributed by atoms with Gasteiger partial charge in [0.1, 0.15) is 0 Å². The van der Waals surface area contributed by atoms with E-state index in [0.717, 1.165) is 31.0 Å². The van der Waals surface area contributed by atoms with Crippen LogP contribution in [0.3, 0.4) is 0 Å². The molecule has 3 rings (SSSR count). The molecule has 1 aliphatic heterocycles. The zero-order valence-corrected chi connectivity index (χ0v) is 13.1. The van der Waals surface area contributed by atoms with Crippen LogP contribution in [0.4, 0.5) is 0 Å². The summed E-state index contributed by atoms with van der Waals surface area (Å²) in [6.07, 6.45) is 10.1. The average Bonchev–Trinajstić information content (AvgIpc) is 3.16. The Morgan fingerprint density at radius 1 is 0.950 bits per heavy atom. The minimum Gasteiger partial charge on any atom is -0.376 e. The molecule has 0 aromatic rings. The molecule has 3 fully saturated rings. The Bertz CT molecular complexity index is 305. The number of rotatable bonds is 6. The van der Waals surface area contributed by atoms with E-state index < -0.39 is 0 Å². The molecule has 2 saturated carbocycles. The van der Waals surface area contributed by atoms with Gasteiger partial charge in [-0.1, -0.05) is 13.8 Å². The van der Waals surface area contributed by atoms with Crippen LogP contribution in [0.2, 0.25) is 0 Å². The fourth-order valence-corrected chi connectivity index (χ4v) is 3.53. The highest BCUT2D eigenvalue weighted by atomic mass is 16.5. The summed E-state index contributed by atoms with van der Waals surface area (Å²) >= 11 is 0. The van der Waals surface area contributed by atoms with Gasteiger partial charge in [-0.25, -0.2) is 0 Å². The van der Waals surface area contributed by atoms with Gasteiger partial charge in [0.2, 0.25) is 0 Å². The van der Waals surface area contributed by atoms with Crippen LogP contribution < -0.4 is 5.32 Å². The molecule has 3 nitrogen and oxygen atoms in total. The first-order valence-electron chi connectivity index (χ1n) is 8.71. The van der Waals surface area contributed by atoms with E-state index in [1.807, 2.05) is 0 Å². The van der Waals surface area contributed by atoms with Crippen molar-refractivity contribution >= 4 is 0 Å². The third-order valence-electron chi connectivity index (χ3n) is 5.47. The Hall–Kier alpha value is -0.120. The van der Waals surface area contributed by atoms with E-state index in [-0.39, 0.29) is 0 Å². The molecule has 0 bridgehead atoms. The summed E-state index contributed by atoms with van der Waals surface area (Å²) in [4.78, 5) is 0. The van der Waals surface area contributed by atoms with Gasteiger partial charge in [-0.15, -0.1) is 0 Å². The maximum atomic E-state index is 6.13. The third kappa shape index (κ3) is 4.19. The zero-order chi connectivity index (χ0) is 13.9. The van der Waals surface area contributed by atoms with E-state index >= 15 is 0 Å². The van der Waals surface area contributed by atoms with Crippen LogP contribution in [0.25, 0.3) is 0 Å². The lowest BCUT2D eigenvalue weighted by Gasteiger charge is -2.32. The lowest BCUT2D eigenvalue weighted by Crippen LogP contribution is -2.31. The van der Waals surface area contributed by atoms with Crippen LogP contribution >= 0.6 is 0 Å². The van der Waals surface area contributed by atoms with Crippen molar-refractivity contribution in [2.75, 3.05) is 13.2 Å². The lowest BCUT2D eigenvalue weighted by molar-refractivity contribution is -0.0597. The number of hydrogen-bond acceptors (Lipinski definition) is 3. The SMILES string of the molecule is CC1CCC(OCC2CCC(CNC3CC3)O2)CC1C. The van der Waals surface area contributed by atoms with Crippen molar-refractivity contribution in [3.05, 3.63) is 0 Å². The fraction of sp³-hybridized carbons (Fsp3) is 1.00. The minimum atomic E-state index is 0.343. The predicted molar refractivity (Wildman–Crippen MR) is 80.8 cm³/mol. The monoisotopic (exact) mass is 281 g/mol. The summed E-state index contributed by atoms with van der Waals surface area (Å²) in [6, 6.07) is 0.791. The van der Waals surface area contributed by atoms with Crippen LogP contribution in [0, 0.1) is 11.8 Å². The van der Waals surface area contributed by atoms with E-state index in [9.17, 15) is 0 Å². The molecule has 1 heterocycles. The number of nitrogens with one attached hydrogen (secondary N) is 1. The molecule has 2 aliphatic carbocycles. The quantitative estimate of drug-likeness (QED) is 0.811. The van der Waals surface area contributed by atoms with Crippen LogP contribution in [-0.2, 0) is 9.47 Å². The van der Waals surface area contributed by atoms with Crippen molar-refractivity contribution in [2.45, 2.75) is 83.1 Å². The van der Waals surface area contributed by atoms with Gasteiger partial charge in [0, 0.05) is 12.6 Å². The highest BCUT2D eigenvalue weighted by molar-refractivity contribution is 4.84. The Labute approximate surface area is 123 Å². The summed E-state index contributed by atoms with van der Waals surface area (Å²) in [6.45, 7) is 6.59. The van der Waals surface area contributed by atoms with Gasteiger partial charge in [-0.2, -0.15) is 0 Å². The number of ether oxygens (including phenoxy) is 2. The summed E-state index contributed by atoms with van der Waals surface area (Å²) in [7, 11) is 0. The van der Waals surface area contributed by atoms with Gasteiger partial charge in [0.25, 0.3) is 0 Å². The van der Waals surface area contributed by atoms with Gasteiger partial charge in [0.05, 0.1) is 24.9 Å². The summed E-state index contributed by atoms with van der Waals surface area (Å²) in [5.41, 5.74) is 0. The molecular formula is C17H31NO2. The second-order valence-corrected chi connectivity index (χ2v) is 7.36. The Morgan fingerprint density at radius 2 is 1.75 bits per heavy atom. The fourth-order valence-electron chi connectivity index (χ4n) is 3.53. The molecule has 0 aromatic heterocycles. The van der Waals surface area contributed by atoms with Gasteiger partial charge >= 0.3 is 0 Å². The molecule has 1 saturated heterocycles. The smallest absolute Gasteiger partial charge is 0.0814 e. The topological polar surface area (TPSA) is 30.5 Å². The highest BCUT2D eigenvalue weighted by Crippen LogP contribution is 2.31. The number of hydrogen-bond donors (Lipinski definition) is 1. The van der Waals surface area contributed by atoms with Gasteiger partial charge in [0.15, 0.2) is 0 Å². The average molecular weight is 281 g/mol. The first kappa shape index (κ1) is 14.8. The van der Waals surface area contributed by atoms with Crippen LogP contribution in [0.15, 0.2) is 0 Å². The third-order valence-corrected chi connectivity index (χ3v) is 5.47. The van der Waals surface area contributed by atoms with Gasteiger partial charge in [-0.05, 0) is 56.8 Å². The van der Waals surface area contributed by atoms with Crippen molar-refractivity contribution in [2.24, 2.45) is 11.8 Å². The van der Waals surface area contributed by atoms with Gasteiger partial charge < -0.3 is 14.8 Å². The molecule has 0 radical (unpaired) electrons. The maximum Gasteiger partial charge on any atom is 0.0814 e. The molecule has 5 atom stereocenters. The Kier molecular flexibility index (Phi) is 5.00. The Balaban J connectivity index is 1.30. The predicted octanol–water partition coefficient (Wildman–Crippen LogP) is 3.13. The molecule has 20 heavy (non-hydrogen) atoms. The summed E-state index contributed by atoms with van der Waals surface area (Å²) < 4.78 is 12.2. The van der Waals surface area contributed by atoms with E-state index in [0.29, 0.717) is 18.3 Å². The molecule has 5 unspecified atom stereocenters. The van der Waals surface area contributed by atoms with Crippen LogP contribution in [0.5, 0.6) is 0 Å². The molecule has 3 aliphatic rings. The van der Waals surface area contributed by atoms with Crippen LogP contribution in [0.1, 0.15) is 58.8 Å². The second kappa shape index (κ2) is 6.76. The van der Waals surface area contributed by atoms with Crippen molar-refractivity contribution < 1.29 is 9.47 Å². The van der Waals surface area contributed by atoms with Crippen molar-refractivity contribution in [1.29, 1.82) is 0 Å². The maximum absolute atomic E-state index is 6.13. The van der Waals surface area contributed by atoms with Crippen molar-refractivity contribution in [3.63, 3.8) is 0 Å². The molecule has 0 amide bonds. The minimum absolute atomic E-state index is 0.343. The summed E-state index contributed by atoms with van der Waals surface area (Å²) in [5, 5.41) is 3.57. The first-order chi connectivity index (χ1) is 9.70. The first-order valence-corrected chi connectivity index (χ1v) is 8.71. The Morgan fingerprint density at radius 3 is 2.50 bits per heavy atom. The molecule has 116 valence electrons. The standard InChI is InChI=1S/C17H31NO2/c1-12-3-6-15(9-13(12)2)19-11-17-8-7-16(20-17)10-18-14-4-5-14/h12-18H,3-11H2,1-2H3. The molecule has 1 N–H and O–H groups in total. The van der Waals surface area contributed by atoms with E-state index in [1.54, 1.807) is 0 Å². The molecule has 3 heteroatoms. The zero-order valence-electron chi connectivity index (χ0n) is 13.1. The lowest BCUT2D eigenvalue weighted by atomic mass is 9.80. The molecule has 0 aromatic carbocycles. The largest absolute Gasteiger partial charge is 0.376 e. The van der Waals surface area contributed by atoms with Crippen molar-refractivity contribution in [3.8, 4) is 0 Å². The highest BCUT2D eigenvalue weighted by Gasteiger charge is 2.30. The van der Waals surface area contributed by atoms with E-state index in [4.69, 9.17) is 9.47 Å². The summed E-state index contributed by atoms with van der Waals surface area (Å²) in [5.74, 6) is 1.68. The van der Waals surface area contributed by atoms with Crippen LogP contribution in [-0.4, -0.2) is 37.5 Å². The van der Waals surface area contributed by atoms with E-state index in [2.05, 4.69) is 19.2 Å². The van der Waals surface area contributed by atoms with Crippen molar-refractivity contribution in [1.82, 2.24) is 5.32 Å². The molecular weight excluding hydrogens is 250 g/mol. The van der Waals surface area contributed by atoms with E-state index in [1.165, 1.54) is 44.9 Å². The molecule has 0 spiro atoms. The van der Waals surface area contributed by atoms with Gasteiger partial charge in [-0.3, -0.25) is 0 Å².